The Bertz CT molecular complexity index is 1200. The van der Waals surface area contributed by atoms with Crippen molar-refractivity contribution < 1.29 is 0 Å². The molecular weight excluding hydrogens is 368 g/mol. The molecule has 0 amide bonds. The van der Waals surface area contributed by atoms with Crippen LogP contribution in [0.3, 0.4) is 0 Å². The van der Waals surface area contributed by atoms with Crippen LogP contribution in [-0.4, -0.2) is 30.2 Å². The molecule has 4 rings (SSSR count). The van der Waals surface area contributed by atoms with E-state index in [1.807, 2.05) is 36.5 Å². The van der Waals surface area contributed by atoms with Gasteiger partial charge in [0.15, 0.2) is 11.2 Å². The highest BCUT2D eigenvalue weighted by molar-refractivity contribution is 5.69. The van der Waals surface area contributed by atoms with Crippen molar-refractivity contribution in [3.63, 3.8) is 0 Å². The number of hydrogen-bond acceptors (Lipinski definition) is 5. The first-order valence-corrected chi connectivity index (χ1v) is 9.37. The zero-order valence-electron chi connectivity index (χ0n) is 16.3. The Morgan fingerprint density at radius 3 is 2.48 bits per heavy atom. The van der Waals surface area contributed by atoms with Crippen LogP contribution in [0.1, 0.15) is 17.2 Å². The molecule has 0 aliphatic rings. The lowest BCUT2D eigenvalue weighted by molar-refractivity contribution is 0.554. The lowest BCUT2D eigenvalue weighted by Gasteiger charge is -2.20. The number of nitrogens with zero attached hydrogens (tertiary/aromatic N) is 5. The van der Waals surface area contributed by atoms with Crippen molar-refractivity contribution >= 4 is 11.2 Å². The van der Waals surface area contributed by atoms with Gasteiger partial charge in [0.1, 0.15) is 0 Å². The Kier molecular flexibility index (Phi) is 5.09. The minimum Gasteiger partial charge on any atom is -0.323 e. The Balaban J connectivity index is 1.60. The summed E-state index contributed by atoms with van der Waals surface area (Å²) in [6.45, 7) is 1.14. The van der Waals surface area contributed by atoms with Gasteiger partial charge in [0.25, 0.3) is 5.56 Å². The molecule has 0 fully saturated rings. The van der Waals surface area contributed by atoms with E-state index in [-0.39, 0.29) is 17.3 Å². The summed E-state index contributed by atoms with van der Waals surface area (Å²) in [7, 11) is 3.10. The summed E-state index contributed by atoms with van der Waals surface area (Å²) < 4.78 is 4.29. The molecule has 4 aromatic rings. The molecule has 0 unspecified atom stereocenters. The van der Waals surface area contributed by atoms with Gasteiger partial charge >= 0.3 is 5.69 Å². The third-order valence-electron chi connectivity index (χ3n) is 5.07. The molecule has 0 spiro atoms. The van der Waals surface area contributed by atoms with E-state index in [0.717, 1.165) is 15.7 Å². The maximum absolute atomic E-state index is 12.6. The number of fused-ring (bicyclic) bond motifs is 1. The lowest BCUT2D eigenvalue weighted by atomic mass is 10.0. The summed E-state index contributed by atoms with van der Waals surface area (Å²) >= 11 is 0. The zero-order chi connectivity index (χ0) is 20.4. The largest absolute Gasteiger partial charge is 0.332 e. The van der Waals surface area contributed by atoms with E-state index < -0.39 is 0 Å². The molecule has 8 heteroatoms. The van der Waals surface area contributed by atoms with Gasteiger partial charge in [0, 0.05) is 39.6 Å². The van der Waals surface area contributed by atoms with E-state index in [2.05, 4.69) is 27.4 Å². The molecule has 1 atom stereocenters. The van der Waals surface area contributed by atoms with E-state index >= 15 is 0 Å². The van der Waals surface area contributed by atoms with E-state index in [1.54, 1.807) is 24.1 Å². The van der Waals surface area contributed by atoms with Crippen molar-refractivity contribution in [1.29, 1.82) is 0 Å². The highest BCUT2D eigenvalue weighted by Gasteiger charge is 2.16. The molecule has 148 valence electrons. The molecule has 3 aromatic heterocycles. The number of benzene rings is 1. The predicted molar refractivity (Wildman–Crippen MR) is 111 cm³/mol. The van der Waals surface area contributed by atoms with Crippen LogP contribution in [0, 0.1) is 0 Å². The highest BCUT2D eigenvalue weighted by Crippen LogP contribution is 2.20. The topological polar surface area (TPSA) is 86.7 Å². The van der Waals surface area contributed by atoms with Crippen LogP contribution in [0.15, 0.2) is 70.8 Å². The quantitative estimate of drug-likeness (QED) is 0.535. The van der Waals surface area contributed by atoms with Gasteiger partial charge in [-0.1, -0.05) is 36.4 Å². The van der Waals surface area contributed by atoms with Gasteiger partial charge in [0.05, 0.1) is 12.4 Å². The number of imidazole rings is 1. The Labute approximate surface area is 167 Å². The standard InChI is InChI=1S/C21H22N6O2/c1-25-19-18(20(28)26(2)21(25)29)27(14-24-19)12-11-23-17(15-7-4-3-5-8-15)16-9-6-10-22-13-16/h3-10,13-14,17,23H,11-12H2,1-2H3/t17-/m0/s1. The molecule has 8 nitrogen and oxygen atoms in total. The Morgan fingerprint density at radius 2 is 1.76 bits per heavy atom. The summed E-state index contributed by atoms with van der Waals surface area (Å²) in [5, 5.41) is 3.55. The predicted octanol–water partition coefficient (Wildman–Crippen LogP) is 1.21. The van der Waals surface area contributed by atoms with E-state index in [4.69, 9.17) is 0 Å². The average molecular weight is 390 g/mol. The van der Waals surface area contributed by atoms with Crippen LogP contribution in [0.4, 0.5) is 0 Å². The Morgan fingerprint density at radius 1 is 1.00 bits per heavy atom. The third kappa shape index (κ3) is 3.50. The van der Waals surface area contributed by atoms with Gasteiger partial charge in [-0.25, -0.2) is 9.78 Å². The first-order valence-electron chi connectivity index (χ1n) is 9.37. The minimum atomic E-state index is -0.383. The smallest absolute Gasteiger partial charge is 0.323 e. The fourth-order valence-corrected chi connectivity index (χ4v) is 3.52. The normalized spacial score (nSPS) is 12.3. The first-order chi connectivity index (χ1) is 14.1. The molecular formula is C21H22N6O2. The average Bonchev–Trinajstić information content (AvgIpc) is 3.19. The second-order valence-corrected chi connectivity index (χ2v) is 6.90. The van der Waals surface area contributed by atoms with Gasteiger partial charge in [-0.15, -0.1) is 0 Å². The number of aryl methyl sites for hydroxylation is 1. The number of hydrogen-bond donors (Lipinski definition) is 1. The van der Waals surface area contributed by atoms with Gasteiger partial charge in [0.2, 0.25) is 0 Å². The minimum absolute atomic E-state index is 0.0214. The lowest BCUT2D eigenvalue weighted by Crippen LogP contribution is -2.37. The summed E-state index contributed by atoms with van der Waals surface area (Å²) in [4.78, 5) is 33.2. The Hall–Kier alpha value is -3.52. The molecule has 0 saturated carbocycles. The van der Waals surface area contributed by atoms with Crippen molar-refractivity contribution in [1.82, 2.24) is 29.0 Å². The third-order valence-corrected chi connectivity index (χ3v) is 5.07. The molecule has 1 N–H and O–H groups in total. The summed E-state index contributed by atoms with van der Waals surface area (Å²) in [5.74, 6) is 0. The monoisotopic (exact) mass is 390 g/mol. The summed E-state index contributed by atoms with van der Waals surface area (Å²) in [5.41, 5.74) is 2.29. The molecule has 0 saturated heterocycles. The van der Waals surface area contributed by atoms with Crippen molar-refractivity contribution in [2.24, 2.45) is 14.1 Å². The van der Waals surface area contributed by atoms with E-state index in [1.165, 1.54) is 11.6 Å². The van der Waals surface area contributed by atoms with Gasteiger partial charge in [-0.3, -0.25) is 18.9 Å². The van der Waals surface area contributed by atoms with Gasteiger partial charge < -0.3 is 9.88 Å². The van der Waals surface area contributed by atoms with Crippen molar-refractivity contribution in [2.75, 3.05) is 6.54 Å². The SMILES string of the molecule is Cn1c(=O)c2c(ncn2CCN[C@@H](c2ccccc2)c2cccnc2)n(C)c1=O. The molecule has 0 aliphatic carbocycles. The zero-order valence-corrected chi connectivity index (χ0v) is 16.3. The molecule has 0 bridgehead atoms. The highest BCUT2D eigenvalue weighted by atomic mass is 16.2. The van der Waals surface area contributed by atoms with Gasteiger partial charge in [-0.05, 0) is 17.2 Å². The fourth-order valence-electron chi connectivity index (χ4n) is 3.52. The fraction of sp³-hybridized carbons (Fsp3) is 0.238. The molecule has 1 aromatic carbocycles. The maximum atomic E-state index is 12.6. The van der Waals surface area contributed by atoms with Crippen molar-refractivity contribution in [3.8, 4) is 0 Å². The number of pyridine rings is 1. The maximum Gasteiger partial charge on any atom is 0.332 e. The number of aromatic nitrogens is 5. The summed E-state index contributed by atoms with van der Waals surface area (Å²) in [6, 6.07) is 14.1. The van der Waals surface area contributed by atoms with Crippen LogP contribution in [0.2, 0.25) is 0 Å². The van der Waals surface area contributed by atoms with Crippen LogP contribution in [0.5, 0.6) is 0 Å². The molecule has 0 aliphatic heterocycles. The summed E-state index contributed by atoms with van der Waals surface area (Å²) in [6.07, 6.45) is 5.21. The molecule has 0 radical (unpaired) electrons. The van der Waals surface area contributed by atoms with Gasteiger partial charge in [-0.2, -0.15) is 0 Å². The second-order valence-electron chi connectivity index (χ2n) is 6.90. The van der Waals surface area contributed by atoms with Crippen molar-refractivity contribution in [3.05, 3.63) is 93.2 Å². The van der Waals surface area contributed by atoms with Crippen LogP contribution < -0.4 is 16.6 Å². The second kappa shape index (κ2) is 7.84. The number of rotatable bonds is 6. The number of nitrogens with one attached hydrogen (secondary N) is 1. The van der Waals surface area contributed by atoms with Crippen LogP contribution >= 0.6 is 0 Å². The van der Waals surface area contributed by atoms with Crippen LogP contribution in [0.25, 0.3) is 11.2 Å². The van der Waals surface area contributed by atoms with E-state index in [0.29, 0.717) is 24.3 Å². The molecule has 29 heavy (non-hydrogen) atoms. The van der Waals surface area contributed by atoms with E-state index in [9.17, 15) is 9.59 Å². The van der Waals surface area contributed by atoms with Crippen LogP contribution in [-0.2, 0) is 20.6 Å². The van der Waals surface area contributed by atoms with Crippen molar-refractivity contribution in [2.45, 2.75) is 12.6 Å². The first kappa shape index (κ1) is 18.8. The molecule has 3 heterocycles.